The van der Waals surface area contributed by atoms with Gasteiger partial charge in [-0.2, -0.15) is 5.10 Å². The molecular formula is C24H35ClN6O. The second kappa shape index (κ2) is 8.82. The molecule has 1 aliphatic carbocycles. The molecule has 8 heteroatoms. The first kappa shape index (κ1) is 22.0. The third-order valence-corrected chi connectivity index (χ3v) is 8.33. The molecule has 3 fully saturated rings. The molecule has 32 heavy (non-hydrogen) atoms. The first-order valence-electron chi connectivity index (χ1n) is 12.2. The van der Waals surface area contributed by atoms with Crippen LogP contribution in [0.5, 0.6) is 0 Å². The molecule has 174 valence electrons. The van der Waals surface area contributed by atoms with Crippen LogP contribution in [0.4, 0.5) is 5.82 Å². The number of aryl methyl sites for hydroxylation is 1. The highest BCUT2D eigenvalue weighted by Gasteiger charge is 2.37. The van der Waals surface area contributed by atoms with Crippen molar-refractivity contribution in [3.05, 3.63) is 23.5 Å². The van der Waals surface area contributed by atoms with Gasteiger partial charge < -0.3 is 15.5 Å². The van der Waals surface area contributed by atoms with Gasteiger partial charge in [0, 0.05) is 54.8 Å². The van der Waals surface area contributed by atoms with Gasteiger partial charge in [0.2, 0.25) is 5.91 Å². The summed E-state index contributed by atoms with van der Waals surface area (Å²) in [5, 5.41) is 4.97. The number of alkyl halides is 1. The van der Waals surface area contributed by atoms with Crippen molar-refractivity contribution in [2.24, 2.45) is 17.6 Å². The average molecular weight is 459 g/mol. The molecule has 1 saturated carbocycles. The van der Waals surface area contributed by atoms with Gasteiger partial charge in [-0.1, -0.05) is 6.92 Å². The Morgan fingerprint density at radius 3 is 2.78 bits per heavy atom. The summed E-state index contributed by atoms with van der Waals surface area (Å²) in [4.78, 5) is 22.8. The van der Waals surface area contributed by atoms with E-state index in [9.17, 15) is 4.79 Å². The number of rotatable bonds is 3. The van der Waals surface area contributed by atoms with Crippen LogP contribution >= 0.6 is 11.6 Å². The molecule has 0 aromatic carbocycles. The SMILES string of the molecule is Cc1cn2nc([C@@H]3CCCCN3C(=O)C3CCC(C)C(Cl)C3)cc2nc1N1CC[C@H](N)C1. The van der Waals surface area contributed by atoms with Crippen molar-refractivity contribution in [1.82, 2.24) is 19.5 Å². The Kier molecular flexibility index (Phi) is 6.05. The lowest BCUT2D eigenvalue weighted by Crippen LogP contribution is -2.44. The van der Waals surface area contributed by atoms with Gasteiger partial charge >= 0.3 is 0 Å². The average Bonchev–Trinajstić information content (AvgIpc) is 3.40. The quantitative estimate of drug-likeness (QED) is 0.710. The van der Waals surface area contributed by atoms with Crippen LogP contribution in [0.3, 0.4) is 0 Å². The summed E-state index contributed by atoms with van der Waals surface area (Å²) < 4.78 is 1.87. The van der Waals surface area contributed by atoms with E-state index in [4.69, 9.17) is 27.4 Å². The van der Waals surface area contributed by atoms with Gasteiger partial charge in [0.25, 0.3) is 0 Å². The van der Waals surface area contributed by atoms with Gasteiger partial charge in [-0.25, -0.2) is 9.50 Å². The predicted molar refractivity (Wildman–Crippen MR) is 127 cm³/mol. The lowest BCUT2D eigenvalue weighted by atomic mass is 9.81. The van der Waals surface area contributed by atoms with Gasteiger partial charge in [-0.05, 0) is 57.8 Å². The zero-order valence-electron chi connectivity index (χ0n) is 19.2. The number of piperidine rings is 1. The maximum absolute atomic E-state index is 13.5. The molecule has 0 radical (unpaired) electrons. The number of carbonyl (C=O) groups excluding carboxylic acids is 1. The van der Waals surface area contributed by atoms with Crippen LogP contribution in [0, 0.1) is 18.8 Å². The van der Waals surface area contributed by atoms with Crippen LogP contribution in [0.1, 0.15) is 69.2 Å². The minimum Gasteiger partial charge on any atom is -0.355 e. The van der Waals surface area contributed by atoms with E-state index in [2.05, 4.69) is 35.9 Å². The molecule has 2 aromatic rings. The first-order valence-corrected chi connectivity index (χ1v) is 12.7. The van der Waals surface area contributed by atoms with Crippen molar-refractivity contribution in [2.75, 3.05) is 24.5 Å². The summed E-state index contributed by atoms with van der Waals surface area (Å²) in [6, 6.07) is 2.31. The van der Waals surface area contributed by atoms with E-state index in [0.717, 1.165) is 87.3 Å². The lowest BCUT2D eigenvalue weighted by Gasteiger charge is -2.39. The van der Waals surface area contributed by atoms with Crippen LogP contribution in [-0.2, 0) is 4.79 Å². The molecule has 0 spiro atoms. The predicted octanol–water partition coefficient (Wildman–Crippen LogP) is 3.67. The number of aromatic nitrogens is 3. The van der Waals surface area contributed by atoms with Gasteiger partial charge in [0.1, 0.15) is 5.82 Å². The molecule has 2 aliphatic heterocycles. The number of fused-ring (bicyclic) bond motifs is 1. The fraction of sp³-hybridized carbons (Fsp3) is 0.708. The summed E-state index contributed by atoms with van der Waals surface area (Å²) in [5.41, 5.74) is 9.00. The second-order valence-electron chi connectivity index (χ2n) is 10.2. The van der Waals surface area contributed by atoms with Crippen LogP contribution in [-0.4, -0.2) is 56.5 Å². The third-order valence-electron chi connectivity index (χ3n) is 7.72. The van der Waals surface area contributed by atoms with E-state index in [1.165, 1.54) is 0 Å². The molecule has 2 aromatic heterocycles. The normalized spacial score (nSPS) is 31.4. The summed E-state index contributed by atoms with van der Waals surface area (Å²) >= 11 is 6.54. The number of carbonyl (C=O) groups is 1. The largest absolute Gasteiger partial charge is 0.355 e. The van der Waals surface area contributed by atoms with Crippen LogP contribution < -0.4 is 10.6 Å². The molecule has 7 nitrogen and oxygen atoms in total. The molecule has 0 bridgehead atoms. The van der Waals surface area contributed by atoms with Gasteiger partial charge in [-0.15, -0.1) is 11.6 Å². The second-order valence-corrected chi connectivity index (χ2v) is 10.7. The van der Waals surface area contributed by atoms with E-state index >= 15 is 0 Å². The standard InChI is InChI=1S/C24H35ClN6O/c1-15-6-7-17(11-19(15)25)24(32)30-9-4-3-5-21(30)20-12-22-27-23(16(2)13-31(22)28-20)29-10-8-18(26)14-29/h12-13,15,17-19,21H,3-11,14,26H2,1-2H3/t15?,17?,18-,19?,21-/m0/s1. The maximum Gasteiger partial charge on any atom is 0.226 e. The topological polar surface area (TPSA) is 79.8 Å². The van der Waals surface area contributed by atoms with Crippen LogP contribution in [0.15, 0.2) is 12.3 Å². The molecule has 2 N–H and O–H groups in total. The smallest absolute Gasteiger partial charge is 0.226 e. The minimum atomic E-state index is 0.0232. The van der Waals surface area contributed by atoms with Crippen molar-refractivity contribution in [1.29, 1.82) is 0 Å². The molecule has 1 amide bonds. The Bertz CT molecular complexity index is 992. The molecular weight excluding hydrogens is 424 g/mol. The van der Waals surface area contributed by atoms with Crippen molar-refractivity contribution >= 4 is 29.0 Å². The first-order chi connectivity index (χ1) is 15.4. The summed E-state index contributed by atoms with van der Waals surface area (Å²) in [7, 11) is 0. The number of nitrogens with two attached hydrogens (primary N) is 1. The van der Waals surface area contributed by atoms with Gasteiger partial charge in [0.05, 0.1) is 11.7 Å². The van der Waals surface area contributed by atoms with E-state index in [-0.39, 0.29) is 29.3 Å². The Balaban J connectivity index is 1.40. The van der Waals surface area contributed by atoms with E-state index in [1.54, 1.807) is 0 Å². The number of anilines is 1. The van der Waals surface area contributed by atoms with E-state index in [1.807, 2.05) is 4.52 Å². The Hall–Kier alpha value is -1.86. The van der Waals surface area contributed by atoms with Gasteiger partial charge in [0.15, 0.2) is 5.65 Å². The van der Waals surface area contributed by atoms with Crippen LogP contribution in [0.25, 0.3) is 5.65 Å². The van der Waals surface area contributed by atoms with E-state index < -0.39 is 0 Å². The minimum absolute atomic E-state index is 0.0232. The third kappa shape index (κ3) is 4.10. The fourth-order valence-corrected chi connectivity index (χ4v) is 6.05. The number of amides is 1. The number of hydrogen-bond acceptors (Lipinski definition) is 5. The Morgan fingerprint density at radius 1 is 1.19 bits per heavy atom. The number of nitrogens with zero attached hydrogens (tertiary/aromatic N) is 5. The summed E-state index contributed by atoms with van der Waals surface area (Å²) in [6.07, 6.45) is 8.95. The van der Waals surface area contributed by atoms with Crippen molar-refractivity contribution in [3.8, 4) is 0 Å². The molecule has 3 unspecified atom stereocenters. The molecule has 4 heterocycles. The van der Waals surface area contributed by atoms with Crippen molar-refractivity contribution in [3.63, 3.8) is 0 Å². The molecule has 5 rings (SSSR count). The summed E-state index contributed by atoms with van der Waals surface area (Å²) in [5.74, 6) is 1.79. The lowest BCUT2D eigenvalue weighted by molar-refractivity contribution is -0.140. The highest BCUT2D eigenvalue weighted by molar-refractivity contribution is 6.21. The Morgan fingerprint density at radius 2 is 2.03 bits per heavy atom. The number of likely N-dealkylation sites (tertiary alicyclic amines) is 1. The molecule has 5 atom stereocenters. The fourth-order valence-electron chi connectivity index (χ4n) is 5.71. The zero-order valence-corrected chi connectivity index (χ0v) is 20.0. The van der Waals surface area contributed by atoms with Gasteiger partial charge in [-0.3, -0.25) is 4.79 Å². The number of halogens is 1. The number of hydrogen-bond donors (Lipinski definition) is 1. The van der Waals surface area contributed by atoms with Crippen molar-refractivity contribution < 1.29 is 4.79 Å². The molecule has 2 saturated heterocycles. The van der Waals surface area contributed by atoms with Crippen LogP contribution in [0.2, 0.25) is 0 Å². The van der Waals surface area contributed by atoms with E-state index in [0.29, 0.717) is 5.92 Å². The zero-order chi connectivity index (χ0) is 22.4. The Labute approximate surface area is 195 Å². The highest BCUT2D eigenvalue weighted by atomic mass is 35.5. The molecule has 3 aliphatic rings. The summed E-state index contributed by atoms with van der Waals surface area (Å²) in [6.45, 7) is 6.86. The highest BCUT2D eigenvalue weighted by Crippen LogP contribution is 2.37. The maximum atomic E-state index is 13.5. The monoisotopic (exact) mass is 458 g/mol. The van der Waals surface area contributed by atoms with Crippen molar-refractivity contribution in [2.45, 2.75) is 76.3 Å².